The molecule has 1 aliphatic carbocycles. The van der Waals surface area contributed by atoms with E-state index in [-0.39, 0.29) is 6.42 Å². The third kappa shape index (κ3) is 1.54. The summed E-state index contributed by atoms with van der Waals surface area (Å²) in [4.78, 5) is 33.6. The van der Waals surface area contributed by atoms with Gasteiger partial charge in [-0.15, -0.1) is 0 Å². The first kappa shape index (κ1) is 9.89. The SMILES string of the molecule is COC(=O)C1=CCC2C(=O)OC(=O)C2C1. The molecule has 1 heterocycles. The number of ether oxygens (including phenoxy) is 2. The van der Waals surface area contributed by atoms with E-state index in [1.165, 1.54) is 7.11 Å². The molecule has 0 radical (unpaired) electrons. The monoisotopic (exact) mass is 210 g/mol. The minimum Gasteiger partial charge on any atom is -0.466 e. The highest BCUT2D eigenvalue weighted by Gasteiger charge is 2.46. The van der Waals surface area contributed by atoms with Gasteiger partial charge in [0.2, 0.25) is 0 Å². The molecule has 1 aliphatic heterocycles. The van der Waals surface area contributed by atoms with E-state index in [1.807, 2.05) is 0 Å². The summed E-state index contributed by atoms with van der Waals surface area (Å²) < 4.78 is 9.06. The standard InChI is InChI=1S/C10H10O5/c1-14-8(11)5-2-3-6-7(4-5)10(13)15-9(6)12/h2,6-7H,3-4H2,1H3. The number of esters is 3. The molecule has 0 aromatic rings. The van der Waals surface area contributed by atoms with E-state index in [0.29, 0.717) is 12.0 Å². The van der Waals surface area contributed by atoms with Gasteiger partial charge >= 0.3 is 17.9 Å². The predicted molar refractivity (Wildman–Crippen MR) is 47.4 cm³/mol. The molecule has 2 unspecified atom stereocenters. The Balaban J connectivity index is 2.19. The summed E-state index contributed by atoms with van der Waals surface area (Å²) in [5.74, 6) is -2.37. The first-order valence-corrected chi connectivity index (χ1v) is 4.66. The van der Waals surface area contributed by atoms with Gasteiger partial charge in [-0.3, -0.25) is 9.59 Å². The zero-order valence-corrected chi connectivity index (χ0v) is 8.19. The highest BCUT2D eigenvalue weighted by atomic mass is 16.6. The molecule has 0 saturated carbocycles. The summed E-state index contributed by atoms with van der Waals surface area (Å²) in [6, 6.07) is 0. The first-order chi connectivity index (χ1) is 7.13. The maximum Gasteiger partial charge on any atom is 0.333 e. The molecule has 0 aromatic heterocycles. The van der Waals surface area contributed by atoms with Crippen LogP contribution in [0, 0.1) is 11.8 Å². The second-order valence-electron chi connectivity index (χ2n) is 3.61. The summed E-state index contributed by atoms with van der Waals surface area (Å²) >= 11 is 0. The molecule has 0 N–H and O–H groups in total. The van der Waals surface area contributed by atoms with Gasteiger partial charge in [-0.25, -0.2) is 4.79 Å². The Kier molecular flexibility index (Phi) is 2.30. The van der Waals surface area contributed by atoms with Crippen LogP contribution in [0.1, 0.15) is 12.8 Å². The molecule has 0 bridgehead atoms. The minimum atomic E-state index is -0.528. The van der Waals surface area contributed by atoms with Crippen molar-refractivity contribution < 1.29 is 23.9 Å². The molecule has 5 heteroatoms. The molecule has 2 atom stereocenters. The largest absolute Gasteiger partial charge is 0.466 e. The van der Waals surface area contributed by atoms with Crippen molar-refractivity contribution in [3.63, 3.8) is 0 Å². The van der Waals surface area contributed by atoms with Crippen LogP contribution in [0.4, 0.5) is 0 Å². The van der Waals surface area contributed by atoms with Crippen molar-refractivity contribution in [3.8, 4) is 0 Å². The van der Waals surface area contributed by atoms with Gasteiger partial charge in [0.05, 0.1) is 18.9 Å². The van der Waals surface area contributed by atoms with Crippen molar-refractivity contribution in [2.45, 2.75) is 12.8 Å². The van der Waals surface area contributed by atoms with Crippen molar-refractivity contribution in [1.82, 2.24) is 0 Å². The van der Waals surface area contributed by atoms with E-state index in [1.54, 1.807) is 6.08 Å². The number of methoxy groups -OCH3 is 1. The van der Waals surface area contributed by atoms with E-state index in [0.717, 1.165) is 0 Å². The second-order valence-corrected chi connectivity index (χ2v) is 3.61. The summed E-state index contributed by atoms with van der Waals surface area (Å²) in [5, 5.41) is 0. The zero-order valence-electron chi connectivity index (χ0n) is 8.19. The highest BCUT2D eigenvalue weighted by molar-refractivity contribution is 5.99. The van der Waals surface area contributed by atoms with Gasteiger partial charge in [-0.1, -0.05) is 6.08 Å². The Bertz CT molecular complexity index is 368. The molecular formula is C10H10O5. The van der Waals surface area contributed by atoms with Gasteiger partial charge in [0.25, 0.3) is 0 Å². The highest BCUT2D eigenvalue weighted by Crippen LogP contribution is 2.36. The van der Waals surface area contributed by atoms with Gasteiger partial charge < -0.3 is 9.47 Å². The molecule has 2 rings (SSSR count). The van der Waals surface area contributed by atoms with Crippen molar-refractivity contribution in [2.75, 3.05) is 7.11 Å². The van der Waals surface area contributed by atoms with Gasteiger partial charge in [0.1, 0.15) is 0 Å². The van der Waals surface area contributed by atoms with E-state index >= 15 is 0 Å². The summed E-state index contributed by atoms with van der Waals surface area (Å²) in [5.41, 5.74) is 0.449. The van der Waals surface area contributed by atoms with Crippen LogP contribution in [0.3, 0.4) is 0 Å². The van der Waals surface area contributed by atoms with Crippen LogP contribution in [-0.4, -0.2) is 25.0 Å². The summed E-state index contributed by atoms with van der Waals surface area (Å²) in [7, 11) is 1.29. The Morgan fingerprint density at radius 1 is 1.40 bits per heavy atom. The maximum atomic E-state index is 11.3. The van der Waals surface area contributed by atoms with Crippen LogP contribution in [-0.2, 0) is 23.9 Å². The number of carbonyl (C=O) groups is 3. The lowest BCUT2D eigenvalue weighted by atomic mass is 9.81. The number of rotatable bonds is 1. The fourth-order valence-corrected chi connectivity index (χ4v) is 1.95. The number of carbonyl (C=O) groups excluding carboxylic acids is 3. The van der Waals surface area contributed by atoms with E-state index in [9.17, 15) is 14.4 Å². The average Bonchev–Trinajstić information content (AvgIpc) is 2.53. The van der Waals surface area contributed by atoms with Gasteiger partial charge in [-0.2, -0.15) is 0 Å². The molecule has 1 saturated heterocycles. The van der Waals surface area contributed by atoms with Crippen LogP contribution in [0.2, 0.25) is 0 Å². The molecule has 2 aliphatic rings. The third-order valence-corrected chi connectivity index (χ3v) is 2.80. The van der Waals surface area contributed by atoms with Crippen molar-refractivity contribution in [1.29, 1.82) is 0 Å². The Hall–Kier alpha value is -1.65. The average molecular weight is 210 g/mol. The second kappa shape index (κ2) is 3.49. The number of fused-ring (bicyclic) bond motifs is 1. The molecule has 0 amide bonds. The molecule has 0 spiro atoms. The van der Waals surface area contributed by atoms with Gasteiger partial charge in [0.15, 0.2) is 0 Å². The van der Waals surface area contributed by atoms with Gasteiger partial charge in [0, 0.05) is 5.57 Å². The fraction of sp³-hybridized carbons (Fsp3) is 0.500. The number of hydrogen-bond donors (Lipinski definition) is 0. The van der Waals surface area contributed by atoms with E-state index in [2.05, 4.69) is 9.47 Å². The lowest BCUT2D eigenvalue weighted by molar-refractivity contribution is -0.153. The zero-order chi connectivity index (χ0) is 11.0. The molecule has 80 valence electrons. The third-order valence-electron chi connectivity index (χ3n) is 2.80. The maximum absolute atomic E-state index is 11.3. The summed E-state index contributed by atoms with van der Waals surface area (Å²) in [6.45, 7) is 0. The quantitative estimate of drug-likeness (QED) is 0.456. The smallest absolute Gasteiger partial charge is 0.333 e. The Labute approximate surface area is 86.0 Å². The molecule has 0 aromatic carbocycles. The number of allylic oxidation sites excluding steroid dienone is 1. The molecule has 1 fully saturated rings. The Morgan fingerprint density at radius 3 is 2.73 bits per heavy atom. The lowest BCUT2D eigenvalue weighted by Gasteiger charge is -2.18. The predicted octanol–water partition coefficient (Wildman–Crippen LogP) is 0.195. The van der Waals surface area contributed by atoms with Crippen LogP contribution in [0.15, 0.2) is 11.6 Å². The van der Waals surface area contributed by atoms with Gasteiger partial charge in [-0.05, 0) is 12.8 Å². The van der Waals surface area contributed by atoms with E-state index < -0.39 is 29.7 Å². The minimum absolute atomic E-state index is 0.238. The number of cyclic esters (lactones) is 2. The molecular weight excluding hydrogens is 200 g/mol. The topological polar surface area (TPSA) is 69.7 Å². The van der Waals surface area contributed by atoms with Crippen LogP contribution < -0.4 is 0 Å². The normalized spacial score (nSPS) is 29.3. The van der Waals surface area contributed by atoms with Crippen LogP contribution in [0.25, 0.3) is 0 Å². The fourth-order valence-electron chi connectivity index (χ4n) is 1.95. The van der Waals surface area contributed by atoms with E-state index in [4.69, 9.17) is 0 Å². The van der Waals surface area contributed by atoms with Crippen molar-refractivity contribution in [3.05, 3.63) is 11.6 Å². The molecule has 5 nitrogen and oxygen atoms in total. The Morgan fingerprint density at radius 2 is 2.07 bits per heavy atom. The summed E-state index contributed by atoms with van der Waals surface area (Å²) in [6.07, 6.45) is 2.26. The number of hydrogen-bond acceptors (Lipinski definition) is 5. The van der Waals surface area contributed by atoms with Crippen LogP contribution in [0.5, 0.6) is 0 Å². The van der Waals surface area contributed by atoms with Crippen molar-refractivity contribution >= 4 is 17.9 Å². The lowest BCUT2D eigenvalue weighted by Crippen LogP contribution is -2.24. The molecule has 15 heavy (non-hydrogen) atoms. The van der Waals surface area contributed by atoms with Crippen molar-refractivity contribution in [2.24, 2.45) is 11.8 Å². The first-order valence-electron chi connectivity index (χ1n) is 4.66. The van der Waals surface area contributed by atoms with Crippen LogP contribution >= 0.6 is 0 Å².